The lowest BCUT2D eigenvalue weighted by molar-refractivity contribution is -0.137. The molecule has 3 N–H and O–H groups in total. The van der Waals surface area contributed by atoms with Gasteiger partial charge in [0.1, 0.15) is 0 Å². The first-order chi connectivity index (χ1) is 13.7. The number of aromatic nitrogens is 3. The number of hydrogen-bond donors (Lipinski definition) is 2. The molecule has 0 saturated heterocycles. The topological polar surface area (TPSA) is 85.8 Å². The van der Waals surface area contributed by atoms with Gasteiger partial charge in [-0.05, 0) is 30.3 Å². The number of carbonyl (C=O) groups is 1. The van der Waals surface area contributed by atoms with Gasteiger partial charge in [0.15, 0.2) is 5.82 Å². The van der Waals surface area contributed by atoms with Crippen molar-refractivity contribution in [3.05, 3.63) is 58.1 Å². The third-order valence-electron chi connectivity index (χ3n) is 3.67. The van der Waals surface area contributed by atoms with E-state index in [1.807, 2.05) is 0 Å². The largest absolute Gasteiger partial charge is 0.418 e. The van der Waals surface area contributed by atoms with Gasteiger partial charge in [0.25, 0.3) is 0 Å². The molecule has 0 saturated carbocycles. The van der Waals surface area contributed by atoms with Crippen molar-refractivity contribution in [2.45, 2.75) is 11.3 Å². The van der Waals surface area contributed by atoms with E-state index in [2.05, 4.69) is 15.5 Å². The van der Waals surface area contributed by atoms with Crippen LogP contribution in [-0.2, 0) is 11.0 Å². The summed E-state index contributed by atoms with van der Waals surface area (Å²) in [6.45, 7) is 0. The highest BCUT2D eigenvalue weighted by atomic mass is 35.5. The molecular weight excluding hydrogens is 450 g/mol. The lowest BCUT2D eigenvalue weighted by Gasteiger charge is -2.14. The van der Waals surface area contributed by atoms with Crippen molar-refractivity contribution >= 4 is 46.6 Å². The van der Waals surface area contributed by atoms with Crippen LogP contribution in [0.1, 0.15) is 5.56 Å². The minimum absolute atomic E-state index is 0.0898. The molecule has 2 aromatic carbocycles. The third kappa shape index (κ3) is 4.95. The first-order valence-corrected chi connectivity index (χ1v) is 9.65. The summed E-state index contributed by atoms with van der Waals surface area (Å²) < 4.78 is 40.5. The molecule has 0 fully saturated rings. The van der Waals surface area contributed by atoms with E-state index in [1.165, 1.54) is 6.07 Å². The van der Waals surface area contributed by atoms with E-state index in [9.17, 15) is 18.0 Å². The van der Waals surface area contributed by atoms with Crippen LogP contribution < -0.4 is 11.2 Å². The maximum atomic E-state index is 13.1. The fourth-order valence-electron chi connectivity index (χ4n) is 2.38. The Labute approximate surface area is 177 Å². The Hall–Kier alpha value is -2.43. The second kappa shape index (κ2) is 8.52. The average molecular weight is 462 g/mol. The molecular formula is C17H12Cl2F3N5OS. The summed E-state index contributed by atoms with van der Waals surface area (Å²) in [5.74, 6) is 5.33. The zero-order valence-electron chi connectivity index (χ0n) is 14.4. The highest BCUT2D eigenvalue weighted by molar-refractivity contribution is 7.99. The molecule has 6 nitrogen and oxygen atoms in total. The molecule has 0 unspecified atom stereocenters. The molecule has 3 rings (SSSR count). The second-order valence-corrected chi connectivity index (χ2v) is 7.47. The number of nitrogens with one attached hydrogen (secondary N) is 1. The van der Waals surface area contributed by atoms with E-state index in [0.29, 0.717) is 10.6 Å². The van der Waals surface area contributed by atoms with Crippen molar-refractivity contribution in [2.75, 3.05) is 16.9 Å². The fourth-order valence-corrected chi connectivity index (χ4v) is 3.43. The van der Waals surface area contributed by atoms with Crippen LogP contribution in [0, 0.1) is 0 Å². The maximum absolute atomic E-state index is 13.1. The van der Waals surface area contributed by atoms with Gasteiger partial charge in [-0.2, -0.15) is 13.2 Å². The smallest absolute Gasteiger partial charge is 0.335 e. The normalized spacial score (nSPS) is 11.5. The van der Waals surface area contributed by atoms with Crippen LogP contribution >= 0.6 is 35.0 Å². The Kier molecular flexibility index (Phi) is 6.25. The number of amides is 1. The molecule has 3 aromatic rings. The standard InChI is InChI=1S/C17H12Cl2F3N5OS/c18-9-5-6-13(11(7-9)17(20,21)22)24-14(28)8-29-16-26-25-15(27(16)23)10-3-1-2-4-12(10)19/h1-7H,8,23H2,(H,24,28). The van der Waals surface area contributed by atoms with Crippen LogP contribution in [0.5, 0.6) is 0 Å². The maximum Gasteiger partial charge on any atom is 0.418 e. The molecule has 0 spiro atoms. The van der Waals surface area contributed by atoms with E-state index in [0.717, 1.165) is 28.6 Å². The first kappa shape index (κ1) is 21.3. The van der Waals surface area contributed by atoms with E-state index in [1.54, 1.807) is 24.3 Å². The molecule has 1 heterocycles. The SMILES string of the molecule is Nn1c(SCC(=O)Nc2ccc(Cl)cc2C(F)(F)F)nnc1-c1ccccc1Cl. The van der Waals surface area contributed by atoms with E-state index in [4.69, 9.17) is 29.0 Å². The zero-order valence-corrected chi connectivity index (χ0v) is 16.7. The second-order valence-electron chi connectivity index (χ2n) is 5.68. The molecule has 0 aliphatic carbocycles. The number of nitrogen functional groups attached to an aromatic ring is 1. The zero-order chi connectivity index (χ0) is 21.2. The number of hydrogen-bond acceptors (Lipinski definition) is 5. The molecule has 12 heteroatoms. The highest BCUT2D eigenvalue weighted by Crippen LogP contribution is 2.36. The predicted molar refractivity (Wildman–Crippen MR) is 106 cm³/mol. The van der Waals surface area contributed by atoms with Crippen molar-refractivity contribution in [2.24, 2.45) is 0 Å². The van der Waals surface area contributed by atoms with Gasteiger partial charge in [-0.3, -0.25) is 4.79 Å². The summed E-state index contributed by atoms with van der Waals surface area (Å²) >= 11 is 12.6. The Morgan fingerprint density at radius 2 is 1.90 bits per heavy atom. The fraction of sp³-hybridized carbons (Fsp3) is 0.118. The van der Waals surface area contributed by atoms with Gasteiger partial charge in [0.2, 0.25) is 11.1 Å². The Balaban J connectivity index is 1.71. The van der Waals surface area contributed by atoms with Gasteiger partial charge in [-0.1, -0.05) is 47.1 Å². The van der Waals surface area contributed by atoms with E-state index >= 15 is 0 Å². The van der Waals surface area contributed by atoms with Crippen LogP contribution in [0.25, 0.3) is 11.4 Å². The van der Waals surface area contributed by atoms with Crippen molar-refractivity contribution in [3.63, 3.8) is 0 Å². The predicted octanol–water partition coefficient (Wildman–Crippen LogP) is 4.72. The number of benzene rings is 2. The number of nitrogens with two attached hydrogens (primary N) is 1. The third-order valence-corrected chi connectivity index (χ3v) is 5.18. The molecule has 1 aromatic heterocycles. The molecule has 0 atom stereocenters. The number of nitrogens with zero attached hydrogens (tertiary/aromatic N) is 3. The quantitative estimate of drug-likeness (QED) is 0.424. The summed E-state index contributed by atoms with van der Waals surface area (Å²) in [5.41, 5.74) is -0.874. The molecule has 29 heavy (non-hydrogen) atoms. The van der Waals surface area contributed by atoms with Crippen LogP contribution in [0.4, 0.5) is 18.9 Å². The van der Waals surface area contributed by atoms with Gasteiger partial charge < -0.3 is 11.2 Å². The minimum atomic E-state index is -4.66. The molecule has 0 radical (unpaired) electrons. The van der Waals surface area contributed by atoms with Crippen LogP contribution in [-0.4, -0.2) is 26.5 Å². The molecule has 0 aliphatic heterocycles. The summed E-state index contributed by atoms with van der Waals surface area (Å²) in [6.07, 6.45) is -4.66. The van der Waals surface area contributed by atoms with Gasteiger partial charge >= 0.3 is 6.18 Å². The van der Waals surface area contributed by atoms with E-state index in [-0.39, 0.29) is 21.8 Å². The van der Waals surface area contributed by atoms with Gasteiger partial charge in [0, 0.05) is 10.6 Å². The summed E-state index contributed by atoms with van der Waals surface area (Å²) in [5, 5.41) is 10.6. The minimum Gasteiger partial charge on any atom is -0.335 e. The number of anilines is 1. The average Bonchev–Trinajstić information content (AvgIpc) is 3.01. The first-order valence-electron chi connectivity index (χ1n) is 7.91. The van der Waals surface area contributed by atoms with Gasteiger partial charge in [0.05, 0.1) is 22.0 Å². The van der Waals surface area contributed by atoms with Crippen LogP contribution in [0.2, 0.25) is 10.0 Å². The van der Waals surface area contributed by atoms with Crippen LogP contribution in [0.15, 0.2) is 47.6 Å². The number of rotatable bonds is 5. The van der Waals surface area contributed by atoms with Crippen molar-refractivity contribution in [3.8, 4) is 11.4 Å². The molecule has 1 amide bonds. The number of thioether (sulfide) groups is 1. The summed E-state index contributed by atoms with van der Waals surface area (Å²) in [7, 11) is 0. The molecule has 152 valence electrons. The van der Waals surface area contributed by atoms with Crippen LogP contribution in [0.3, 0.4) is 0 Å². The Bertz CT molecular complexity index is 1060. The highest BCUT2D eigenvalue weighted by Gasteiger charge is 2.34. The van der Waals surface area contributed by atoms with E-state index < -0.39 is 23.3 Å². The molecule has 0 bridgehead atoms. The Morgan fingerprint density at radius 3 is 2.59 bits per heavy atom. The van der Waals surface area contributed by atoms with Crippen molar-refractivity contribution in [1.82, 2.24) is 14.9 Å². The number of alkyl halides is 3. The van der Waals surface area contributed by atoms with Crippen molar-refractivity contribution in [1.29, 1.82) is 0 Å². The molecule has 0 aliphatic rings. The lowest BCUT2D eigenvalue weighted by atomic mass is 10.1. The lowest BCUT2D eigenvalue weighted by Crippen LogP contribution is -2.19. The Morgan fingerprint density at radius 1 is 1.17 bits per heavy atom. The number of halogens is 5. The summed E-state index contributed by atoms with van der Waals surface area (Å²) in [4.78, 5) is 12.1. The summed E-state index contributed by atoms with van der Waals surface area (Å²) in [6, 6.07) is 9.96. The van der Waals surface area contributed by atoms with Crippen molar-refractivity contribution < 1.29 is 18.0 Å². The number of carbonyl (C=O) groups excluding carboxylic acids is 1. The monoisotopic (exact) mass is 461 g/mol. The van der Waals surface area contributed by atoms with Gasteiger partial charge in [-0.15, -0.1) is 10.2 Å². The van der Waals surface area contributed by atoms with Gasteiger partial charge in [-0.25, -0.2) is 4.68 Å².